The summed E-state index contributed by atoms with van der Waals surface area (Å²) in [5, 5.41) is 3.47. The van der Waals surface area contributed by atoms with Crippen molar-refractivity contribution in [2.75, 3.05) is 0 Å². The van der Waals surface area contributed by atoms with E-state index in [2.05, 4.69) is 42.0 Å². The van der Waals surface area contributed by atoms with E-state index in [1.165, 1.54) is 18.9 Å². The van der Waals surface area contributed by atoms with Gasteiger partial charge in [-0.2, -0.15) is 0 Å². The van der Waals surface area contributed by atoms with Crippen molar-refractivity contribution in [3.8, 4) is 0 Å². The van der Waals surface area contributed by atoms with Crippen LogP contribution in [-0.4, -0.2) is 6.04 Å². The maximum Gasteiger partial charge on any atom is 0.124 e. The van der Waals surface area contributed by atoms with Gasteiger partial charge in [0.25, 0.3) is 0 Å². The van der Waals surface area contributed by atoms with Gasteiger partial charge in [0.15, 0.2) is 0 Å². The fourth-order valence-corrected chi connectivity index (χ4v) is 2.67. The molecule has 0 heterocycles. The van der Waals surface area contributed by atoms with Crippen LogP contribution in [0.5, 0.6) is 0 Å². The van der Waals surface area contributed by atoms with Gasteiger partial charge >= 0.3 is 0 Å². The molecule has 0 aromatic heterocycles. The number of benzene rings is 1. The Kier molecular flexibility index (Phi) is 6.14. The van der Waals surface area contributed by atoms with Gasteiger partial charge < -0.3 is 5.32 Å². The van der Waals surface area contributed by atoms with Gasteiger partial charge in [-0.05, 0) is 36.6 Å². The second kappa shape index (κ2) is 7.12. The van der Waals surface area contributed by atoms with Crippen LogP contribution in [-0.2, 0) is 6.54 Å². The van der Waals surface area contributed by atoms with Crippen LogP contribution in [0.1, 0.15) is 39.2 Å². The highest BCUT2D eigenvalue weighted by Crippen LogP contribution is 2.16. The minimum atomic E-state index is -0.189. The van der Waals surface area contributed by atoms with Crippen molar-refractivity contribution >= 4 is 15.9 Å². The van der Waals surface area contributed by atoms with Crippen LogP contribution in [0.25, 0.3) is 0 Å². The van der Waals surface area contributed by atoms with E-state index in [-0.39, 0.29) is 5.82 Å². The largest absolute Gasteiger partial charge is 0.310 e. The van der Waals surface area contributed by atoms with E-state index in [1.54, 1.807) is 6.07 Å². The molecule has 0 spiro atoms. The van der Waals surface area contributed by atoms with E-state index < -0.39 is 0 Å². The van der Waals surface area contributed by atoms with Crippen LogP contribution in [0.4, 0.5) is 4.39 Å². The van der Waals surface area contributed by atoms with E-state index in [0.717, 1.165) is 10.0 Å². The predicted molar refractivity (Wildman–Crippen MR) is 74.5 cm³/mol. The van der Waals surface area contributed by atoms with Crippen molar-refractivity contribution < 1.29 is 4.39 Å². The summed E-state index contributed by atoms with van der Waals surface area (Å²) in [6, 6.07) is 5.48. The fraction of sp³-hybridized carbons (Fsp3) is 0.571. The van der Waals surface area contributed by atoms with E-state index in [4.69, 9.17) is 0 Å². The van der Waals surface area contributed by atoms with Gasteiger partial charge in [0, 0.05) is 17.1 Å². The molecule has 0 amide bonds. The second-order valence-corrected chi connectivity index (χ2v) is 5.44. The molecule has 0 fully saturated rings. The molecular weight excluding hydrogens is 281 g/mol. The van der Waals surface area contributed by atoms with Gasteiger partial charge in [0.05, 0.1) is 0 Å². The summed E-state index contributed by atoms with van der Waals surface area (Å²) in [7, 11) is 0. The molecule has 17 heavy (non-hydrogen) atoms. The number of hydrogen-bond donors (Lipinski definition) is 1. The molecule has 0 aliphatic heterocycles. The zero-order valence-electron chi connectivity index (χ0n) is 10.8. The summed E-state index contributed by atoms with van der Waals surface area (Å²) in [6.07, 6.45) is 2.36. The summed E-state index contributed by atoms with van der Waals surface area (Å²) >= 11 is 3.31. The van der Waals surface area contributed by atoms with Crippen molar-refractivity contribution in [3.05, 3.63) is 34.1 Å². The second-order valence-electron chi connectivity index (χ2n) is 4.52. The predicted octanol–water partition coefficient (Wildman–Crippen LogP) is 4.50. The Balaban J connectivity index is 2.55. The average molecular weight is 302 g/mol. The van der Waals surface area contributed by atoms with Gasteiger partial charge in [-0.1, -0.05) is 42.6 Å². The van der Waals surface area contributed by atoms with Crippen molar-refractivity contribution in [2.45, 2.75) is 46.2 Å². The Hall–Kier alpha value is -0.410. The molecule has 1 unspecified atom stereocenters. The van der Waals surface area contributed by atoms with Crippen LogP contribution < -0.4 is 5.32 Å². The molecule has 0 saturated heterocycles. The highest BCUT2D eigenvalue weighted by molar-refractivity contribution is 9.10. The zero-order chi connectivity index (χ0) is 12.8. The first-order chi connectivity index (χ1) is 8.06. The molecule has 1 aromatic rings. The number of rotatable bonds is 6. The normalized spacial score (nSPS) is 13.1. The van der Waals surface area contributed by atoms with Gasteiger partial charge in [0.2, 0.25) is 0 Å². The lowest BCUT2D eigenvalue weighted by molar-refractivity contribution is 0.353. The minimum Gasteiger partial charge on any atom is -0.310 e. The Morgan fingerprint density at radius 2 is 1.88 bits per heavy atom. The molecule has 0 bridgehead atoms. The van der Waals surface area contributed by atoms with Crippen molar-refractivity contribution in [3.63, 3.8) is 0 Å². The zero-order valence-corrected chi connectivity index (χ0v) is 12.3. The highest BCUT2D eigenvalue weighted by Gasteiger charge is 2.12. The lowest BCUT2D eigenvalue weighted by Gasteiger charge is -2.22. The highest BCUT2D eigenvalue weighted by atomic mass is 79.9. The molecule has 3 heteroatoms. The Labute approximate surface area is 112 Å². The van der Waals surface area contributed by atoms with E-state index in [0.29, 0.717) is 18.5 Å². The van der Waals surface area contributed by atoms with E-state index in [9.17, 15) is 4.39 Å². The Morgan fingerprint density at radius 1 is 1.24 bits per heavy atom. The fourth-order valence-electron chi connectivity index (χ4n) is 2.15. The third-order valence-corrected chi connectivity index (χ3v) is 3.76. The molecule has 0 aliphatic carbocycles. The molecule has 1 atom stereocenters. The molecule has 96 valence electrons. The molecule has 1 N–H and O–H groups in total. The van der Waals surface area contributed by atoms with Crippen LogP contribution in [0.2, 0.25) is 0 Å². The van der Waals surface area contributed by atoms with E-state index >= 15 is 0 Å². The average Bonchev–Trinajstić information content (AvgIpc) is 2.27. The lowest BCUT2D eigenvalue weighted by Crippen LogP contribution is -2.32. The van der Waals surface area contributed by atoms with Crippen LogP contribution >= 0.6 is 15.9 Å². The summed E-state index contributed by atoms with van der Waals surface area (Å²) in [4.78, 5) is 0. The maximum atomic E-state index is 13.2. The summed E-state index contributed by atoms with van der Waals surface area (Å²) in [5.74, 6) is 0.498. The third kappa shape index (κ3) is 4.76. The van der Waals surface area contributed by atoms with Crippen molar-refractivity contribution in [1.29, 1.82) is 0 Å². The smallest absolute Gasteiger partial charge is 0.124 e. The summed E-state index contributed by atoms with van der Waals surface area (Å²) in [5.41, 5.74) is 0.981. The van der Waals surface area contributed by atoms with E-state index in [1.807, 2.05) is 6.07 Å². The van der Waals surface area contributed by atoms with Crippen LogP contribution in [0.15, 0.2) is 22.7 Å². The standard InChI is InChI=1S/C14H21BrFN/c1-4-12(5-2)10(3)17-9-11-6-13(15)8-14(16)7-11/h6-8,10,12,17H,4-5,9H2,1-3H3. The third-order valence-electron chi connectivity index (χ3n) is 3.31. The molecule has 0 saturated carbocycles. The topological polar surface area (TPSA) is 12.0 Å². The minimum absolute atomic E-state index is 0.189. The van der Waals surface area contributed by atoms with Gasteiger partial charge in [0.1, 0.15) is 5.82 Å². The SMILES string of the molecule is CCC(CC)C(C)NCc1cc(F)cc(Br)c1. The van der Waals surface area contributed by atoms with Crippen LogP contribution in [0.3, 0.4) is 0 Å². The lowest BCUT2D eigenvalue weighted by atomic mass is 9.95. The maximum absolute atomic E-state index is 13.2. The summed E-state index contributed by atoms with van der Waals surface area (Å²) < 4.78 is 14.0. The molecule has 0 radical (unpaired) electrons. The first-order valence-electron chi connectivity index (χ1n) is 6.25. The number of hydrogen-bond acceptors (Lipinski definition) is 1. The quantitative estimate of drug-likeness (QED) is 0.815. The first kappa shape index (κ1) is 14.7. The van der Waals surface area contributed by atoms with Crippen molar-refractivity contribution in [1.82, 2.24) is 5.32 Å². The Bertz CT molecular complexity index is 330. The molecular formula is C14H21BrFN. The molecule has 1 nitrogen and oxygen atoms in total. The van der Waals surface area contributed by atoms with Gasteiger partial charge in [-0.25, -0.2) is 4.39 Å². The Morgan fingerprint density at radius 3 is 2.41 bits per heavy atom. The number of nitrogens with one attached hydrogen (secondary N) is 1. The number of halogens is 2. The van der Waals surface area contributed by atoms with Gasteiger partial charge in [-0.15, -0.1) is 0 Å². The summed E-state index contributed by atoms with van der Waals surface area (Å²) in [6.45, 7) is 7.34. The molecule has 1 rings (SSSR count). The van der Waals surface area contributed by atoms with Gasteiger partial charge in [-0.3, -0.25) is 0 Å². The monoisotopic (exact) mass is 301 g/mol. The van der Waals surface area contributed by atoms with Crippen molar-refractivity contribution in [2.24, 2.45) is 5.92 Å². The first-order valence-corrected chi connectivity index (χ1v) is 7.04. The molecule has 0 aliphatic rings. The molecule has 1 aromatic carbocycles. The van der Waals surface area contributed by atoms with Crippen LogP contribution in [0, 0.1) is 11.7 Å².